The highest BCUT2D eigenvalue weighted by Crippen LogP contribution is 2.63. The lowest BCUT2D eigenvalue weighted by molar-refractivity contribution is 0.795. The fraction of sp³-hybridized carbons (Fsp3) is 0.0286. The largest absolute Gasteiger partial charge is 0.355 e. The van der Waals surface area contributed by atoms with E-state index in [1.807, 2.05) is 6.08 Å². The maximum Gasteiger partial charge on any atom is 0.0726 e. The Balaban J connectivity index is 1.50. The summed E-state index contributed by atoms with van der Waals surface area (Å²) in [5.74, 6) is 0. The van der Waals surface area contributed by atoms with Crippen molar-refractivity contribution in [3.05, 3.63) is 162 Å². The fourth-order valence-electron chi connectivity index (χ4n) is 6.36. The average Bonchev–Trinajstić information content (AvgIpc) is 3.35. The molecule has 0 saturated carbocycles. The van der Waals surface area contributed by atoms with Crippen LogP contribution in [-0.4, -0.2) is 0 Å². The Bertz CT molecular complexity index is 1750. The molecule has 0 heterocycles. The molecule has 0 aliphatic heterocycles. The highest BCUT2D eigenvalue weighted by atomic mass is 14.9. The molecule has 1 unspecified atom stereocenters. The molecule has 36 heavy (non-hydrogen) atoms. The van der Waals surface area contributed by atoms with Crippen molar-refractivity contribution in [3.63, 3.8) is 0 Å². The Morgan fingerprint density at radius 3 is 2.14 bits per heavy atom. The Labute approximate surface area is 211 Å². The molecule has 1 spiro atoms. The van der Waals surface area contributed by atoms with E-state index in [4.69, 9.17) is 0 Å². The lowest BCUT2D eigenvalue weighted by Crippen LogP contribution is -2.26. The van der Waals surface area contributed by atoms with E-state index in [9.17, 15) is 0 Å². The summed E-state index contributed by atoms with van der Waals surface area (Å²) >= 11 is 0. The summed E-state index contributed by atoms with van der Waals surface area (Å²) in [6.45, 7) is 8.61. The molecular weight excluding hydrogens is 434 g/mol. The smallest absolute Gasteiger partial charge is 0.0726 e. The molecule has 0 bridgehead atoms. The first-order valence-electron chi connectivity index (χ1n) is 12.3. The van der Waals surface area contributed by atoms with E-state index < -0.39 is 5.41 Å². The van der Waals surface area contributed by atoms with Gasteiger partial charge in [-0.25, -0.2) is 0 Å². The third-order valence-corrected chi connectivity index (χ3v) is 7.78. The lowest BCUT2D eigenvalue weighted by atomic mass is 9.70. The van der Waals surface area contributed by atoms with E-state index >= 15 is 0 Å². The van der Waals surface area contributed by atoms with Gasteiger partial charge in [0.2, 0.25) is 0 Å². The molecule has 2 aliphatic carbocycles. The first kappa shape index (κ1) is 20.7. The van der Waals surface area contributed by atoms with Gasteiger partial charge in [0.05, 0.1) is 5.41 Å². The quantitative estimate of drug-likeness (QED) is 0.284. The van der Waals surface area contributed by atoms with E-state index in [2.05, 4.69) is 134 Å². The van der Waals surface area contributed by atoms with Crippen LogP contribution in [0.2, 0.25) is 0 Å². The maximum absolute atomic E-state index is 4.55. The van der Waals surface area contributed by atoms with Crippen LogP contribution in [0.5, 0.6) is 0 Å². The number of rotatable bonds is 3. The van der Waals surface area contributed by atoms with Crippen LogP contribution >= 0.6 is 0 Å². The van der Waals surface area contributed by atoms with E-state index in [-0.39, 0.29) is 0 Å². The van der Waals surface area contributed by atoms with Crippen LogP contribution in [0.15, 0.2) is 140 Å². The molecule has 5 aromatic rings. The number of fused-ring (bicyclic) bond motifs is 8. The predicted molar refractivity (Wildman–Crippen MR) is 153 cm³/mol. The van der Waals surface area contributed by atoms with Crippen LogP contribution in [0, 0.1) is 0 Å². The van der Waals surface area contributed by atoms with E-state index in [1.54, 1.807) is 0 Å². The summed E-state index contributed by atoms with van der Waals surface area (Å²) < 4.78 is 0. The van der Waals surface area contributed by atoms with Crippen LogP contribution in [0.3, 0.4) is 0 Å². The standard InChI is InChI=1S/C35H25N/c1-3-11-30-23(2)26-14-6-8-17-31(26)35(30)32-18-9-7-16-28(32)29-21-20-25(22-33(29)35)36-34-19-10-13-24-12-4-5-15-27(24)34/h3-22,36H,1-2H2/b30-11+. The van der Waals surface area contributed by atoms with E-state index in [0.29, 0.717) is 0 Å². The molecule has 1 nitrogen and oxygen atoms in total. The topological polar surface area (TPSA) is 12.0 Å². The molecule has 7 rings (SSSR count). The second-order valence-electron chi connectivity index (χ2n) is 9.55. The monoisotopic (exact) mass is 459 g/mol. The Hall–Kier alpha value is -4.62. The van der Waals surface area contributed by atoms with Crippen molar-refractivity contribution < 1.29 is 0 Å². The van der Waals surface area contributed by atoms with Crippen molar-refractivity contribution in [1.82, 2.24) is 0 Å². The summed E-state index contributed by atoms with van der Waals surface area (Å²) in [6.07, 6.45) is 4.05. The molecule has 0 radical (unpaired) electrons. The number of anilines is 2. The summed E-state index contributed by atoms with van der Waals surface area (Å²) in [5, 5.41) is 6.17. The van der Waals surface area contributed by atoms with Gasteiger partial charge >= 0.3 is 0 Å². The zero-order chi connectivity index (χ0) is 24.3. The summed E-state index contributed by atoms with van der Waals surface area (Å²) in [6, 6.07) is 39.2. The van der Waals surface area contributed by atoms with Crippen molar-refractivity contribution >= 4 is 27.7 Å². The van der Waals surface area contributed by atoms with Crippen molar-refractivity contribution in [3.8, 4) is 11.1 Å². The average molecular weight is 460 g/mol. The van der Waals surface area contributed by atoms with Crippen molar-refractivity contribution in [2.45, 2.75) is 5.41 Å². The van der Waals surface area contributed by atoms with Crippen LogP contribution in [-0.2, 0) is 5.41 Å². The van der Waals surface area contributed by atoms with Gasteiger partial charge in [-0.05, 0) is 68.1 Å². The predicted octanol–water partition coefficient (Wildman–Crippen LogP) is 9.04. The Kier molecular flexibility index (Phi) is 4.43. The fourth-order valence-corrected chi connectivity index (χ4v) is 6.36. The molecule has 0 amide bonds. The first-order valence-corrected chi connectivity index (χ1v) is 12.3. The Morgan fingerprint density at radius 2 is 1.31 bits per heavy atom. The number of nitrogens with one attached hydrogen (secondary N) is 1. The molecule has 0 aromatic heterocycles. The maximum atomic E-state index is 4.55. The second kappa shape index (κ2) is 7.69. The molecule has 5 aromatic carbocycles. The van der Waals surface area contributed by atoms with Gasteiger partial charge < -0.3 is 5.32 Å². The minimum Gasteiger partial charge on any atom is -0.355 e. The van der Waals surface area contributed by atoms with Gasteiger partial charge in [-0.1, -0.05) is 116 Å². The number of hydrogen-bond donors (Lipinski definition) is 1. The van der Waals surface area contributed by atoms with Crippen LogP contribution in [0.4, 0.5) is 11.4 Å². The third-order valence-electron chi connectivity index (χ3n) is 7.78. The molecule has 1 heteroatoms. The minimum absolute atomic E-state index is 0.412. The van der Waals surface area contributed by atoms with Gasteiger partial charge in [-0.15, -0.1) is 0 Å². The molecular formula is C35H25N. The second-order valence-corrected chi connectivity index (χ2v) is 9.55. The van der Waals surface area contributed by atoms with E-state index in [0.717, 1.165) is 16.9 Å². The first-order chi connectivity index (χ1) is 17.7. The molecule has 2 aliphatic rings. The normalized spacial score (nSPS) is 18.3. The zero-order valence-electron chi connectivity index (χ0n) is 20.0. The molecule has 0 saturated heterocycles. The highest BCUT2D eigenvalue weighted by Gasteiger charge is 2.52. The minimum atomic E-state index is -0.412. The SMILES string of the molecule is C=C/C=C1\C(=C)c2ccccc2C12c1ccccc1-c1ccc(Nc3cccc4ccccc34)cc12. The highest BCUT2D eigenvalue weighted by molar-refractivity contribution is 6.00. The van der Waals surface area contributed by atoms with E-state index in [1.165, 1.54) is 49.7 Å². The lowest BCUT2D eigenvalue weighted by Gasteiger charge is -2.31. The van der Waals surface area contributed by atoms with Gasteiger partial charge in [0.1, 0.15) is 0 Å². The van der Waals surface area contributed by atoms with Gasteiger partial charge in [0, 0.05) is 16.8 Å². The molecule has 1 atom stereocenters. The molecule has 170 valence electrons. The van der Waals surface area contributed by atoms with Crippen molar-refractivity contribution in [2.75, 3.05) is 5.32 Å². The van der Waals surface area contributed by atoms with Gasteiger partial charge in [-0.3, -0.25) is 0 Å². The van der Waals surface area contributed by atoms with Gasteiger partial charge in [0.25, 0.3) is 0 Å². The van der Waals surface area contributed by atoms with Crippen LogP contribution in [0.25, 0.3) is 27.5 Å². The summed E-state index contributed by atoms with van der Waals surface area (Å²) in [5.41, 5.74) is 11.7. The van der Waals surface area contributed by atoms with Gasteiger partial charge in [0.15, 0.2) is 0 Å². The van der Waals surface area contributed by atoms with Crippen molar-refractivity contribution in [2.24, 2.45) is 0 Å². The summed E-state index contributed by atoms with van der Waals surface area (Å²) in [7, 11) is 0. The molecule has 0 fully saturated rings. The van der Waals surface area contributed by atoms with Crippen LogP contribution in [0.1, 0.15) is 22.3 Å². The van der Waals surface area contributed by atoms with Gasteiger partial charge in [-0.2, -0.15) is 0 Å². The van der Waals surface area contributed by atoms with Crippen LogP contribution < -0.4 is 5.32 Å². The number of allylic oxidation sites excluding steroid dienone is 4. The Morgan fingerprint density at radius 1 is 0.639 bits per heavy atom. The van der Waals surface area contributed by atoms with Crippen molar-refractivity contribution in [1.29, 1.82) is 0 Å². The number of benzene rings is 5. The number of hydrogen-bond acceptors (Lipinski definition) is 1. The molecule has 1 N–H and O–H groups in total. The summed E-state index contributed by atoms with van der Waals surface area (Å²) in [4.78, 5) is 0. The third kappa shape index (κ3) is 2.66. The zero-order valence-corrected chi connectivity index (χ0v) is 20.0.